The van der Waals surface area contributed by atoms with Crippen molar-refractivity contribution in [1.29, 1.82) is 0 Å². The van der Waals surface area contributed by atoms with Crippen molar-refractivity contribution in [1.82, 2.24) is 4.72 Å². The van der Waals surface area contributed by atoms with Crippen molar-refractivity contribution in [2.75, 3.05) is 18.9 Å². The fraction of sp³-hybridized carbons (Fsp3) is 0.500. The molecule has 36 heavy (non-hydrogen) atoms. The number of nitrogens with one attached hydrogen (secondary N) is 1. The second-order valence-electron chi connectivity index (χ2n) is 8.50. The molecule has 0 radical (unpaired) electrons. The van der Waals surface area contributed by atoms with Gasteiger partial charge in [-0.2, -0.15) is 0 Å². The summed E-state index contributed by atoms with van der Waals surface area (Å²) in [7, 11) is -3.62. The molecule has 9 nitrogen and oxygen atoms in total. The van der Waals surface area contributed by atoms with Gasteiger partial charge < -0.3 is 9.47 Å². The molecule has 0 heterocycles. The SMILES string of the molecule is CCCCS(=O)(=O)N[C@@H](Cc1ccc(OCCCCCCN=[N+]=[N-])cc1)C(=O)OCc1ccccc1. The lowest BCUT2D eigenvalue weighted by molar-refractivity contribution is -0.147. The fourth-order valence-corrected chi connectivity index (χ4v) is 4.84. The van der Waals surface area contributed by atoms with Crippen LogP contribution in [0, 0.1) is 0 Å². The van der Waals surface area contributed by atoms with Crippen molar-refractivity contribution in [3.8, 4) is 5.75 Å². The summed E-state index contributed by atoms with van der Waals surface area (Å²) in [5.74, 6) is 0.0591. The normalized spacial score (nSPS) is 11.9. The van der Waals surface area contributed by atoms with Gasteiger partial charge in [0.2, 0.25) is 10.0 Å². The van der Waals surface area contributed by atoms with Crippen LogP contribution in [0.3, 0.4) is 0 Å². The highest BCUT2D eigenvalue weighted by molar-refractivity contribution is 7.89. The van der Waals surface area contributed by atoms with Crippen LogP contribution in [0.1, 0.15) is 56.6 Å². The number of hydrogen-bond donors (Lipinski definition) is 1. The zero-order valence-corrected chi connectivity index (χ0v) is 21.7. The van der Waals surface area contributed by atoms with Crippen LogP contribution in [0.5, 0.6) is 5.75 Å². The van der Waals surface area contributed by atoms with Crippen LogP contribution in [0.4, 0.5) is 0 Å². The molecule has 0 aliphatic rings. The molecule has 1 N–H and O–H groups in total. The molecule has 0 spiro atoms. The number of nitrogens with zero attached hydrogens (tertiary/aromatic N) is 3. The molecule has 1 atom stereocenters. The Morgan fingerprint density at radius 2 is 1.72 bits per heavy atom. The number of unbranched alkanes of at least 4 members (excludes halogenated alkanes) is 4. The second kappa shape index (κ2) is 16.6. The first kappa shape index (κ1) is 29.2. The Balaban J connectivity index is 1.92. The molecule has 2 rings (SSSR count). The van der Waals surface area contributed by atoms with E-state index in [1.807, 2.05) is 61.5 Å². The van der Waals surface area contributed by atoms with E-state index in [-0.39, 0.29) is 18.8 Å². The van der Waals surface area contributed by atoms with E-state index in [0.717, 1.165) is 43.2 Å². The van der Waals surface area contributed by atoms with Crippen LogP contribution >= 0.6 is 0 Å². The Hall–Kier alpha value is -3.07. The highest BCUT2D eigenvalue weighted by atomic mass is 32.2. The number of carbonyl (C=O) groups is 1. The molecule has 0 fully saturated rings. The smallest absolute Gasteiger partial charge is 0.324 e. The fourth-order valence-electron chi connectivity index (χ4n) is 3.44. The van der Waals surface area contributed by atoms with Crippen LogP contribution < -0.4 is 9.46 Å². The Morgan fingerprint density at radius 1 is 1.00 bits per heavy atom. The topological polar surface area (TPSA) is 130 Å². The summed E-state index contributed by atoms with van der Waals surface area (Å²) in [6, 6.07) is 15.5. The molecule has 0 aliphatic carbocycles. The van der Waals surface area contributed by atoms with Crippen LogP contribution in [0.25, 0.3) is 10.4 Å². The van der Waals surface area contributed by atoms with Gasteiger partial charge in [0.1, 0.15) is 18.4 Å². The van der Waals surface area contributed by atoms with Crippen LogP contribution in [0.15, 0.2) is 59.7 Å². The monoisotopic (exact) mass is 516 g/mol. The van der Waals surface area contributed by atoms with E-state index in [2.05, 4.69) is 14.7 Å². The highest BCUT2D eigenvalue weighted by Gasteiger charge is 2.26. The average Bonchev–Trinajstić information content (AvgIpc) is 2.88. The quantitative estimate of drug-likeness (QED) is 0.0943. The van der Waals surface area contributed by atoms with E-state index >= 15 is 0 Å². The first-order valence-electron chi connectivity index (χ1n) is 12.4. The number of azide groups is 1. The molecular formula is C26H36N4O5S. The third-order valence-corrected chi connectivity index (χ3v) is 6.91. The van der Waals surface area contributed by atoms with Gasteiger partial charge in [0.15, 0.2) is 0 Å². The summed E-state index contributed by atoms with van der Waals surface area (Å²) in [5, 5.41) is 3.52. The predicted octanol–water partition coefficient (Wildman–Crippen LogP) is 5.31. The molecule has 196 valence electrons. The summed E-state index contributed by atoms with van der Waals surface area (Å²) in [4.78, 5) is 15.6. The molecule has 0 bridgehead atoms. The van der Waals surface area contributed by atoms with E-state index in [1.54, 1.807) is 0 Å². The van der Waals surface area contributed by atoms with Gasteiger partial charge in [-0.3, -0.25) is 4.79 Å². The molecule has 0 saturated heterocycles. The van der Waals surface area contributed by atoms with Gasteiger partial charge >= 0.3 is 5.97 Å². The number of hydrogen-bond acceptors (Lipinski definition) is 6. The first-order chi connectivity index (χ1) is 17.4. The number of sulfonamides is 1. The predicted molar refractivity (Wildman–Crippen MR) is 140 cm³/mol. The van der Waals surface area contributed by atoms with E-state index in [9.17, 15) is 13.2 Å². The average molecular weight is 517 g/mol. The van der Waals surface area contributed by atoms with Crippen molar-refractivity contribution < 1.29 is 22.7 Å². The number of ether oxygens (including phenoxy) is 2. The minimum absolute atomic E-state index is 0.0374. The Morgan fingerprint density at radius 3 is 2.42 bits per heavy atom. The minimum atomic E-state index is -3.62. The highest BCUT2D eigenvalue weighted by Crippen LogP contribution is 2.16. The van der Waals surface area contributed by atoms with E-state index < -0.39 is 22.0 Å². The van der Waals surface area contributed by atoms with Crippen molar-refractivity contribution in [2.24, 2.45) is 5.11 Å². The van der Waals surface area contributed by atoms with Crippen molar-refractivity contribution in [3.05, 3.63) is 76.2 Å². The van der Waals surface area contributed by atoms with Gasteiger partial charge in [-0.15, -0.1) is 0 Å². The van der Waals surface area contributed by atoms with Gasteiger partial charge in [-0.1, -0.05) is 73.8 Å². The van der Waals surface area contributed by atoms with Gasteiger partial charge in [-0.25, -0.2) is 13.1 Å². The summed E-state index contributed by atoms with van der Waals surface area (Å²) in [6.07, 6.45) is 5.16. The van der Waals surface area contributed by atoms with Gasteiger partial charge in [0.05, 0.1) is 12.4 Å². The van der Waals surface area contributed by atoms with Crippen LogP contribution in [-0.2, 0) is 32.6 Å². The zero-order valence-electron chi connectivity index (χ0n) is 20.8. The number of benzene rings is 2. The molecule has 2 aromatic carbocycles. The Kier molecular flexibility index (Phi) is 13.4. The lowest BCUT2D eigenvalue weighted by atomic mass is 10.1. The molecular weight excluding hydrogens is 480 g/mol. The number of esters is 1. The first-order valence-corrected chi connectivity index (χ1v) is 14.0. The van der Waals surface area contributed by atoms with Crippen LogP contribution in [0.2, 0.25) is 0 Å². The third kappa shape index (κ3) is 12.1. The summed E-state index contributed by atoms with van der Waals surface area (Å²) >= 11 is 0. The van der Waals surface area contributed by atoms with E-state index in [1.165, 1.54) is 0 Å². The maximum Gasteiger partial charge on any atom is 0.324 e. The lowest BCUT2D eigenvalue weighted by Crippen LogP contribution is -2.44. The molecule has 0 amide bonds. The largest absolute Gasteiger partial charge is 0.494 e. The number of carbonyl (C=O) groups excluding carboxylic acids is 1. The number of rotatable bonds is 18. The van der Waals surface area contributed by atoms with Gasteiger partial charge in [-0.05, 0) is 54.5 Å². The van der Waals surface area contributed by atoms with Crippen molar-refractivity contribution in [3.63, 3.8) is 0 Å². The summed E-state index contributed by atoms with van der Waals surface area (Å²) in [6.45, 7) is 3.09. The molecule has 0 unspecified atom stereocenters. The molecule has 0 aromatic heterocycles. The second-order valence-corrected chi connectivity index (χ2v) is 10.4. The molecule has 0 aliphatic heterocycles. The maximum absolute atomic E-state index is 12.8. The third-order valence-electron chi connectivity index (χ3n) is 5.44. The molecule has 2 aromatic rings. The summed E-state index contributed by atoms with van der Waals surface area (Å²) < 4.78 is 38.7. The van der Waals surface area contributed by atoms with Crippen molar-refractivity contribution in [2.45, 2.75) is 64.5 Å². The standard InChI is InChI=1S/C26H36N4O5S/c1-2-3-19-36(32,33)29-25(26(31)35-21-23-11-7-6-8-12-23)20-22-13-15-24(16-14-22)34-18-10-5-4-9-17-28-30-27/h6-8,11-16,25,29H,2-5,9-10,17-21H2,1H3/t25-/m0/s1. The Bertz CT molecular complexity index is 1060. The lowest BCUT2D eigenvalue weighted by Gasteiger charge is -2.18. The molecule has 10 heteroatoms. The van der Waals surface area contributed by atoms with Crippen LogP contribution in [-0.4, -0.2) is 39.3 Å². The maximum atomic E-state index is 12.8. The molecule has 0 saturated carbocycles. The van der Waals surface area contributed by atoms with Crippen molar-refractivity contribution >= 4 is 16.0 Å². The minimum Gasteiger partial charge on any atom is -0.494 e. The van der Waals surface area contributed by atoms with E-state index in [4.69, 9.17) is 15.0 Å². The Labute approximate surface area is 213 Å². The van der Waals surface area contributed by atoms with Gasteiger partial charge in [0.25, 0.3) is 0 Å². The van der Waals surface area contributed by atoms with E-state index in [0.29, 0.717) is 25.3 Å². The zero-order chi connectivity index (χ0) is 26.1. The van der Waals surface area contributed by atoms with Gasteiger partial charge in [0, 0.05) is 11.5 Å². The summed E-state index contributed by atoms with van der Waals surface area (Å²) in [5.41, 5.74) is 9.88.